The normalized spacial score (nSPS) is 35.0. The average molecular weight is 336 g/mol. The summed E-state index contributed by atoms with van der Waals surface area (Å²) in [5, 5.41) is 9.94. The molecule has 0 aromatic rings. The van der Waals surface area contributed by atoms with Gasteiger partial charge < -0.3 is 5.11 Å². The molecular weight excluding hydrogens is 321 g/mol. The molecule has 0 radical (unpaired) electrons. The first-order valence-electron chi connectivity index (χ1n) is 6.72. The Morgan fingerprint density at radius 1 is 1.00 bits per heavy atom. The second kappa shape index (κ2) is 4.58. The van der Waals surface area contributed by atoms with E-state index in [1.165, 1.54) is 0 Å². The van der Waals surface area contributed by atoms with E-state index in [1.807, 2.05) is 0 Å². The van der Waals surface area contributed by atoms with Crippen LogP contribution in [0, 0.1) is 23.2 Å². The maximum Gasteiger partial charge on any atom is 0.460 e. The lowest BCUT2D eigenvalue weighted by atomic mass is 9.77. The fraction of sp³-hybridized carbons (Fsp3) is 0.923. The number of Topliss-reactive ketones (excluding diaryl/α,β-unsaturated/α-hetero) is 1. The molecular formula is C13H15F7O2. The van der Waals surface area contributed by atoms with Gasteiger partial charge in [0.2, 0.25) is 5.78 Å². The van der Waals surface area contributed by atoms with Crippen molar-refractivity contribution in [2.45, 2.75) is 50.8 Å². The molecule has 0 amide bonds. The van der Waals surface area contributed by atoms with Crippen molar-refractivity contribution in [1.29, 1.82) is 0 Å². The Balaban J connectivity index is 2.37. The predicted octanol–water partition coefficient (Wildman–Crippen LogP) is 3.43. The lowest BCUT2D eigenvalue weighted by molar-refractivity contribution is -0.344. The molecule has 0 saturated heterocycles. The minimum Gasteiger partial charge on any atom is -0.392 e. The van der Waals surface area contributed by atoms with Crippen molar-refractivity contribution >= 4 is 5.78 Å². The van der Waals surface area contributed by atoms with Crippen molar-refractivity contribution in [3.8, 4) is 0 Å². The molecule has 128 valence electrons. The minimum atomic E-state index is -6.55. The van der Waals surface area contributed by atoms with Gasteiger partial charge in [-0.2, -0.15) is 30.7 Å². The van der Waals surface area contributed by atoms with Crippen LogP contribution in [-0.4, -0.2) is 35.0 Å². The zero-order chi connectivity index (χ0) is 17.3. The van der Waals surface area contributed by atoms with Crippen LogP contribution in [-0.2, 0) is 4.79 Å². The Morgan fingerprint density at radius 3 is 1.82 bits per heavy atom. The highest BCUT2D eigenvalue weighted by Gasteiger charge is 2.78. The number of rotatable bonds is 3. The molecule has 2 rings (SSSR count). The van der Waals surface area contributed by atoms with Crippen LogP contribution in [0.2, 0.25) is 0 Å². The van der Waals surface area contributed by atoms with Crippen molar-refractivity contribution in [2.24, 2.45) is 23.2 Å². The zero-order valence-electron chi connectivity index (χ0n) is 11.7. The van der Waals surface area contributed by atoms with Crippen molar-refractivity contribution in [3.05, 3.63) is 0 Å². The fourth-order valence-electron chi connectivity index (χ4n) is 4.00. The average Bonchev–Trinajstić information content (AvgIpc) is 2.72. The van der Waals surface area contributed by atoms with Crippen molar-refractivity contribution < 1.29 is 40.6 Å². The molecule has 22 heavy (non-hydrogen) atoms. The highest BCUT2D eigenvalue weighted by molar-refractivity contribution is 5.90. The van der Waals surface area contributed by atoms with Crippen LogP contribution in [0.25, 0.3) is 0 Å². The van der Waals surface area contributed by atoms with E-state index in [1.54, 1.807) is 13.8 Å². The van der Waals surface area contributed by atoms with Crippen molar-refractivity contribution in [1.82, 2.24) is 0 Å². The molecule has 9 heteroatoms. The van der Waals surface area contributed by atoms with Gasteiger partial charge in [-0.25, -0.2) is 0 Å². The summed E-state index contributed by atoms with van der Waals surface area (Å²) in [4.78, 5) is 11.8. The summed E-state index contributed by atoms with van der Waals surface area (Å²) in [6, 6.07) is 0. The van der Waals surface area contributed by atoms with E-state index >= 15 is 0 Å². The maximum absolute atomic E-state index is 13.6. The van der Waals surface area contributed by atoms with Gasteiger partial charge in [0.05, 0.1) is 12.0 Å². The third kappa shape index (κ3) is 2.00. The van der Waals surface area contributed by atoms with Crippen LogP contribution in [0.1, 0.15) is 26.7 Å². The molecule has 4 atom stereocenters. The highest BCUT2D eigenvalue weighted by atomic mass is 19.4. The third-order valence-electron chi connectivity index (χ3n) is 5.28. The van der Waals surface area contributed by atoms with E-state index in [4.69, 9.17) is 0 Å². The van der Waals surface area contributed by atoms with Gasteiger partial charge in [0.1, 0.15) is 0 Å². The van der Waals surface area contributed by atoms with Gasteiger partial charge in [-0.1, -0.05) is 13.8 Å². The summed E-state index contributed by atoms with van der Waals surface area (Å²) in [7, 11) is 0. The quantitative estimate of drug-likeness (QED) is 0.802. The van der Waals surface area contributed by atoms with Crippen LogP contribution >= 0.6 is 0 Å². The van der Waals surface area contributed by atoms with Crippen molar-refractivity contribution in [3.63, 3.8) is 0 Å². The standard InChI is InChI=1S/C13H15F7O2/c1-10(2)5-3-4-6(10)8(21)7(5)9(22)11(14,15)12(16,17)13(18,19)20/h5-8,21H,3-4H2,1-2H3/t5-,6+,7?,8?/m0/s1. The smallest absolute Gasteiger partial charge is 0.392 e. The van der Waals surface area contributed by atoms with Crippen molar-refractivity contribution in [2.75, 3.05) is 0 Å². The summed E-state index contributed by atoms with van der Waals surface area (Å²) in [6.45, 7) is 3.18. The van der Waals surface area contributed by atoms with Crippen LogP contribution in [0.15, 0.2) is 0 Å². The van der Waals surface area contributed by atoms with Gasteiger partial charge in [0, 0.05) is 0 Å². The number of fused-ring (bicyclic) bond motifs is 2. The van der Waals surface area contributed by atoms with E-state index in [0.29, 0.717) is 6.42 Å². The summed E-state index contributed by atoms with van der Waals surface area (Å²) in [5.41, 5.74) is -0.761. The van der Waals surface area contributed by atoms with Gasteiger partial charge in [-0.15, -0.1) is 0 Å². The number of carbonyl (C=O) groups is 1. The fourth-order valence-corrected chi connectivity index (χ4v) is 4.00. The van der Waals surface area contributed by atoms with Gasteiger partial charge in [0.15, 0.2) is 0 Å². The first kappa shape index (κ1) is 17.5. The Bertz CT molecular complexity index is 483. The number of aliphatic hydroxyl groups is 1. The lowest BCUT2D eigenvalue weighted by Gasteiger charge is -2.33. The SMILES string of the molecule is CC1(C)[C@@H]2CC[C@H]1C(C(=O)C(F)(F)C(F)(F)C(F)(F)F)C2O. The Hall–Kier alpha value is -0.860. The van der Waals surface area contributed by atoms with Crippen LogP contribution in [0.3, 0.4) is 0 Å². The van der Waals surface area contributed by atoms with Gasteiger partial charge >= 0.3 is 18.0 Å². The number of hydrogen-bond acceptors (Lipinski definition) is 2. The van der Waals surface area contributed by atoms with Gasteiger partial charge in [0.25, 0.3) is 0 Å². The molecule has 2 fully saturated rings. The summed E-state index contributed by atoms with van der Waals surface area (Å²) in [5.74, 6) is -18.2. The summed E-state index contributed by atoms with van der Waals surface area (Å²) < 4.78 is 89.6. The number of hydrogen-bond donors (Lipinski definition) is 1. The second-order valence-corrected chi connectivity index (χ2v) is 6.64. The first-order chi connectivity index (χ1) is 9.67. The number of ketones is 1. The summed E-state index contributed by atoms with van der Waals surface area (Å²) in [6.07, 6.45) is -7.52. The van der Waals surface area contributed by atoms with Crippen LogP contribution in [0.4, 0.5) is 30.7 Å². The lowest BCUT2D eigenvalue weighted by Crippen LogP contribution is -2.59. The molecule has 2 aliphatic carbocycles. The van der Waals surface area contributed by atoms with E-state index in [9.17, 15) is 40.6 Å². The molecule has 2 saturated carbocycles. The molecule has 0 aliphatic heterocycles. The molecule has 0 aromatic heterocycles. The molecule has 2 bridgehead atoms. The molecule has 2 nitrogen and oxygen atoms in total. The van der Waals surface area contributed by atoms with Crippen LogP contribution in [0.5, 0.6) is 0 Å². The molecule has 0 heterocycles. The zero-order valence-corrected chi connectivity index (χ0v) is 11.7. The largest absolute Gasteiger partial charge is 0.460 e. The number of halogens is 7. The van der Waals surface area contributed by atoms with E-state index in [-0.39, 0.29) is 6.42 Å². The summed E-state index contributed by atoms with van der Waals surface area (Å²) >= 11 is 0. The van der Waals surface area contributed by atoms with Crippen LogP contribution < -0.4 is 0 Å². The highest BCUT2D eigenvalue weighted by Crippen LogP contribution is 2.62. The predicted molar refractivity (Wildman–Crippen MR) is 60.4 cm³/mol. The Morgan fingerprint density at radius 2 is 1.45 bits per heavy atom. The van der Waals surface area contributed by atoms with E-state index in [0.717, 1.165) is 0 Å². The van der Waals surface area contributed by atoms with Gasteiger partial charge in [-0.3, -0.25) is 4.79 Å². The third-order valence-corrected chi connectivity index (χ3v) is 5.28. The van der Waals surface area contributed by atoms with Gasteiger partial charge in [-0.05, 0) is 30.1 Å². The number of alkyl halides is 7. The molecule has 2 unspecified atom stereocenters. The topological polar surface area (TPSA) is 37.3 Å². The Kier molecular flexibility index (Phi) is 3.64. The second-order valence-electron chi connectivity index (χ2n) is 6.64. The minimum absolute atomic E-state index is 0.235. The Labute approximate surface area is 121 Å². The number of carbonyl (C=O) groups excluding carboxylic acids is 1. The first-order valence-corrected chi connectivity index (χ1v) is 6.72. The van der Waals surface area contributed by atoms with E-state index < -0.39 is 53.1 Å². The molecule has 0 aromatic carbocycles. The monoisotopic (exact) mass is 336 g/mol. The maximum atomic E-state index is 13.6. The van der Waals surface area contributed by atoms with E-state index in [2.05, 4.69) is 0 Å². The molecule has 0 spiro atoms. The molecule has 1 N–H and O–H groups in total. The molecule has 2 aliphatic rings. The number of aliphatic hydroxyl groups excluding tert-OH is 1.